The number of carbonyl (C=O) groups excluding carboxylic acids is 1. The molecule has 4 rings (SSSR count). The number of aryl methyl sites for hydroxylation is 1. The van der Waals surface area contributed by atoms with Gasteiger partial charge in [-0.1, -0.05) is 6.07 Å². The van der Waals surface area contributed by atoms with E-state index in [4.69, 9.17) is 4.74 Å². The number of urea groups is 1. The fraction of sp³-hybridized carbons (Fsp3) is 0.577. The molecule has 2 fully saturated rings. The Morgan fingerprint density at radius 1 is 1.16 bits per heavy atom. The Morgan fingerprint density at radius 3 is 2.58 bits per heavy atom. The lowest BCUT2D eigenvalue weighted by atomic mass is 10.0. The maximum Gasteiger partial charge on any atom is 0.389 e. The highest BCUT2D eigenvalue weighted by atomic mass is 19.4. The van der Waals surface area contributed by atoms with Crippen LogP contribution in [0.15, 0.2) is 24.3 Å². The first kappa shape index (κ1) is 27.9. The van der Waals surface area contributed by atoms with Gasteiger partial charge in [-0.2, -0.15) is 18.2 Å². The lowest BCUT2D eigenvalue weighted by Crippen LogP contribution is -2.37. The summed E-state index contributed by atoms with van der Waals surface area (Å²) in [5.74, 6) is 0.509. The van der Waals surface area contributed by atoms with Gasteiger partial charge in [0.15, 0.2) is 0 Å². The highest BCUT2D eigenvalue weighted by molar-refractivity contribution is 5.90. The molecule has 0 saturated carbocycles. The van der Waals surface area contributed by atoms with Crippen LogP contribution in [0.2, 0.25) is 0 Å². The van der Waals surface area contributed by atoms with Gasteiger partial charge in [0.05, 0.1) is 24.5 Å². The van der Waals surface area contributed by atoms with Crippen molar-refractivity contribution in [1.82, 2.24) is 14.9 Å². The summed E-state index contributed by atoms with van der Waals surface area (Å²) in [7, 11) is 0. The number of morpholine rings is 1. The number of hydrogen-bond acceptors (Lipinski definition) is 7. The van der Waals surface area contributed by atoms with E-state index >= 15 is 0 Å². The molecule has 9 nitrogen and oxygen atoms in total. The van der Waals surface area contributed by atoms with Crippen molar-refractivity contribution in [2.24, 2.45) is 5.92 Å². The number of anilines is 3. The Morgan fingerprint density at radius 2 is 1.89 bits per heavy atom. The summed E-state index contributed by atoms with van der Waals surface area (Å²) >= 11 is 0. The van der Waals surface area contributed by atoms with E-state index < -0.39 is 30.1 Å². The molecule has 2 aromatic rings. The van der Waals surface area contributed by atoms with Crippen LogP contribution in [0, 0.1) is 12.8 Å². The quantitative estimate of drug-likeness (QED) is 0.486. The Kier molecular flexibility index (Phi) is 8.31. The fourth-order valence-corrected chi connectivity index (χ4v) is 4.59. The second-order valence-electron chi connectivity index (χ2n) is 10.6. The minimum Gasteiger partial charge on any atom is -0.389 e. The summed E-state index contributed by atoms with van der Waals surface area (Å²) in [5, 5.41) is 16.1. The van der Waals surface area contributed by atoms with Crippen LogP contribution in [-0.2, 0) is 4.74 Å². The van der Waals surface area contributed by atoms with Crippen molar-refractivity contribution in [2.75, 3.05) is 61.5 Å². The molecule has 2 aliphatic heterocycles. The Balaban J connectivity index is 1.55. The topological polar surface area (TPSA) is 103 Å². The molecule has 1 unspecified atom stereocenters. The van der Waals surface area contributed by atoms with Crippen LogP contribution in [0.1, 0.15) is 32.3 Å². The summed E-state index contributed by atoms with van der Waals surface area (Å²) in [4.78, 5) is 25.7. The van der Waals surface area contributed by atoms with E-state index in [2.05, 4.69) is 25.5 Å². The molecule has 2 aliphatic rings. The standard InChI is InChI=1S/C26H35F3N6O3/c1-17-4-5-19(31-24(36)35-7-6-18(15-35)14-26(27,28)29)12-20(17)21-13-22(34-8-10-38-11-9-34)33-23(32-21)30-16-25(2,3)37/h4-5,12-13,18,37H,6-11,14-16H2,1-3H3,(H,31,36)(H,30,32,33). The normalized spacial score (nSPS) is 18.6. The number of aromatic nitrogens is 2. The fourth-order valence-electron chi connectivity index (χ4n) is 4.59. The van der Waals surface area contributed by atoms with Gasteiger partial charge in [-0.15, -0.1) is 0 Å². The summed E-state index contributed by atoms with van der Waals surface area (Å²) < 4.78 is 43.7. The van der Waals surface area contributed by atoms with Gasteiger partial charge in [-0.05, 0) is 50.8 Å². The zero-order valence-corrected chi connectivity index (χ0v) is 21.9. The molecule has 2 amide bonds. The molecule has 38 heavy (non-hydrogen) atoms. The lowest BCUT2D eigenvalue weighted by molar-refractivity contribution is -0.143. The number of nitrogens with one attached hydrogen (secondary N) is 2. The third-order valence-electron chi connectivity index (χ3n) is 6.58. The average molecular weight is 537 g/mol. The van der Waals surface area contributed by atoms with E-state index in [0.717, 1.165) is 16.9 Å². The van der Waals surface area contributed by atoms with Crippen molar-refractivity contribution in [3.8, 4) is 11.3 Å². The van der Waals surface area contributed by atoms with Crippen LogP contribution in [0.3, 0.4) is 0 Å². The third-order valence-corrected chi connectivity index (χ3v) is 6.58. The zero-order valence-electron chi connectivity index (χ0n) is 21.9. The van der Waals surface area contributed by atoms with Crippen molar-refractivity contribution in [2.45, 2.75) is 45.4 Å². The van der Waals surface area contributed by atoms with Gasteiger partial charge in [0, 0.05) is 56.5 Å². The van der Waals surface area contributed by atoms with Crippen LogP contribution >= 0.6 is 0 Å². The highest BCUT2D eigenvalue weighted by Gasteiger charge is 2.36. The van der Waals surface area contributed by atoms with Gasteiger partial charge in [0.1, 0.15) is 5.82 Å². The van der Waals surface area contributed by atoms with Gasteiger partial charge in [0.25, 0.3) is 0 Å². The molecule has 2 saturated heterocycles. The molecule has 0 spiro atoms. The number of nitrogens with zero attached hydrogens (tertiary/aromatic N) is 4. The SMILES string of the molecule is Cc1ccc(NC(=O)N2CCC(CC(F)(F)F)C2)cc1-c1cc(N2CCOCC2)nc(NCC(C)(C)O)n1. The number of rotatable bonds is 7. The smallest absolute Gasteiger partial charge is 0.389 e. The first-order valence-electron chi connectivity index (χ1n) is 12.8. The minimum atomic E-state index is -4.23. The molecule has 1 atom stereocenters. The van der Waals surface area contributed by atoms with Crippen LogP contribution in [0.25, 0.3) is 11.3 Å². The molecular formula is C26H35F3N6O3. The number of aliphatic hydroxyl groups is 1. The predicted molar refractivity (Wildman–Crippen MR) is 139 cm³/mol. The molecule has 1 aromatic heterocycles. The van der Waals surface area contributed by atoms with Crippen LogP contribution < -0.4 is 15.5 Å². The molecule has 208 valence electrons. The van der Waals surface area contributed by atoms with Gasteiger partial charge < -0.3 is 30.3 Å². The summed E-state index contributed by atoms with van der Waals surface area (Å²) in [5.41, 5.74) is 1.90. The molecule has 1 aromatic carbocycles. The zero-order chi connectivity index (χ0) is 27.5. The number of alkyl halides is 3. The lowest BCUT2D eigenvalue weighted by Gasteiger charge is -2.28. The van der Waals surface area contributed by atoms with Crippen LogP contribution in [0.5, 0.6) is 0 Å². The summed E-state index contributed by atoms with van der Waals surface area (Å²) in [6, 6.07) is 6.89. The first-order valence-corrected chi connectivity index (χ1v) is 12.8. The van der Waals surface area contributed by atoms with Crippen molar-refractivity contribution in [3.63, 3.8) is 0 Å². The average Bonchev–Trinajstić information content (AvgIpc) is 3.31. The maximum absolute atomic E-state index is 12.8. The van der Waals surface area contributed by atoms with E-state index in [0.29, 0.717) is 50.1 Å². The van der Waals surface area contributed by atoms with E-state index in [-0.39, 0.29) is 19.6 Å². The van der Waals surface area contributed by atoms with Gasteiger partial charge in [-0.25, -0.2) is 9.78 Å². The van der Waals surface area contributed by atoms with E-state index in [9.17, 15) is 23.1 Å². The summed E-state index contributed by atoms with van der Waals surface area (Å²) in [6.45, 7) is 8.47. The number of amides is 2. The van der Waals surface area contributed by atoms with E-state index in [1.165, 1.54) is 4.90 Å². The van der Waals surface area contributed by atoms with Crippen molar-refractivity contribution in [3.05, 3.63) is 29.8 Å². The number of ether oxygens (including phenoxy) is 1. The largest absolute Gasteiger partial charge is 0.389 e. The summed E-state index contributed by atoms with van der Waals surface area (Å²) in [6.07, 6.45) is -4.78. The van der Waals surface area contributed by atoms with E-state index in [1.54, 1.807) is 19.9 Å². The maximum atomic E-state index is 12.8. The monoisotopic (exact) mass is 536 g/mol. The van der Waals surface area contributed by atoms with Gasteiger partial charge in [0.2, 0.25) is 5.95 Å². The molecule has 0 radical (unpaired) electrons. The van der Waals surface area contributed by atoms with Crippen LogP contribution in [-0.4, -0.2) is 83.7 Å². The van der Waals surface area contributed by atoms with Crippen LogP contribution in [0.4, 0.5) is 35.4 Å². The minimum absolute atomic E-state index is 0.0785. The second kappa shape index (κ2) is 11.3. The number of hydrogen-bond donors (Lipinski definition) is 3. The molecule has 3 N–H and O–H groups in total. The van der Waals surface area contributed by atoms with Crippen molar-refractivity contribution >= 4 is 23.5 Å². The molecule has 12 heteroatoms. The third kappa shape index (κ3) is 7.70. The van der Waals surface area contributed by atoms with E-state index in [1.807, 2.05) is 25.1 Å². The van der Waals surface area contributed by atoms with Gasteiger partial charge >= 0.3 is 12.2 Å². The number of likely N-dealkylation sites (tertiary alicyclic amines) is 1. The Hall–Kier alpha value is -3.12. The number of halogens is 3. The highest BCUT2D eigenvalue weighted by Crippen LogP contribution is 2.32. The molecule has 0 aliphatic carbocycles. The molecule has 3 heterocycles. The van der Waals surface area contributed by atoms with Gasteiger partial charge in [-0.3, -0.25) is 0 Å². The second-order valence-corrected chi connectivity index (χ2v) is 10.6. The Labute approximate surface area is 220 Å². The predicted octanol–water partition coefficient (Wildman–Crippen LogP) is 4.28. The Bertz CT molecular complexity index is 1130. The first-order chi connectivity index (χ1) is 17.9. The molecular weight excluding hydrogens is 501 g/mol. The molecule has 0 bridgehead atoms. The van der Waals surface area contributed by atoms with Crippen molar-refractivity contribution < 1.29 is 27.8 Å². The number of carbonyl (C=O) groups is 1. The van der Waals surface area contributed by atoms with Crippen molar-refractivity contribution in [1.29, 1.82) is 0 Å². The number of benzene rings is 1.